The van der Waals surface area contributed by atoms with Crippen molar-refractivity contribution in [3.63, 3.8) is 0 Å². The van der Waals surface area contributed by atoms with Crippen molar-refractivity contribution < 1.29 is 18.0 Å². The van der Waals surface area contributed by atoms with Crippen LogP contribution in [0.1, 0.15) is 5.56 Å². The molecule has 0 fully saturated rings. The molecule has 0 saturated heterocycles. The molecular formula is C14H9Cl2F3N2OS. The van der Waals surface area contributed by atoms with E-state index < -0.39 is 17.6 Å². The maximum absolute atomic E-state index is 12.5. The highest BCUT2D eigenvalue weighted by molar-refractivity contribution is 8.00. The summed E-state index contributed by atoms with van der Waals surface area (Å²) in [7, 11) is 0. The van der Waals surface area contributed by atoms with E-state index in [0.29, 0.717) is 17.3 Å². The average Bonchev–Trinajstić information content (AvgIpc) is 2.47. The molecule has 0 aliphatic heterocycles. The molecule has 1 aromatic carbocycles. The van der Waals surface area contributed by atoms with Gasteiger partial charge in [-0.25, -0.2) is 4.98 Å². The van der Waals surface area contributed by atoms with Crippen molar-refractivity contribution in [2.24, 2.45) is 0 Å². The Morgan fingerprint density at radius 3 is 2.52 bits per heavy atom. The molecule has 122 valence electrons. The molecule has 0 saturated carbocycles. The van der Waals surface area contributed by atoms with Crippen LogP contribution in [-0.2, 0) is 11.0 Å². The van der Waals surface area contributed by atoms with Gasteiger partial charge in [0.05, 0.1) is 21.4 Å². The smallest absolute Gasteiger partial charge is 0.309 e. The number of carbonyl (C=O) groups is 1. The fourth-order valence-electron chi connectivity index (χ4n) is 1.56. The normalized spacial score (nSPS) is 11.3. The van der Waals surface area contributed by atoms with Crippen molar-refractivity contribution in [2.45, 2.75) is 11.1 Å². The zero-order valence-electron chi connectivity index (χ0n) is 11.3. The summed E-state index contributed by atoms with van der Waals surface area (Å²) in [6, 6.07) is 7.70. The van der Waals surface area contributed by atoms with E-state index in [2.05, 4.69) is 10.3 Å². The monoisotopic (exact) mass is 380 g/mol. The van der Waals surface area contributed by atoms with Gasteiger partial charge in [-0.05, 0) is 18.2 Å². The van der Waals surface area contributed by atoms with Crippen molar-refractivity contribution in [1.82, 2.24) is 4.98 Å². The number of nitrogens with zero attached hydrogens (tertiary/aromatic N) is 1. The van der Waals surface area contributed by atoms with Gasteiger partial charge in [0.1, 0.15) is 0 Å². The SMILES string of the molecule is O=C(CSc1ccccc1Cl)Nc1ncc(C(F)(F)F)cc1Cl. The van der Waals surface area contributed by atoms with Crippen LogP contribution in [0.2, 0.25) is 10.0 Å². The van der Waals surface area contributed by atoms with Gasteiger partial charge in [0.15, 0.2) is 5.82 Å². The number of alkyl halides is 3. The number of thioether (sulfide) groups is 1. The molecule has 1 N–H and O–H groups in total. The number of rotatable bonds is 4. The van der Waals surface area contributed by atoms with Crippen molar-refractivity contribution in [2.75, 3.05) is 11.1 Å². The zero-order chi connectivity index (χ0) is 17.0. The number of pyridine rings is 1. The van der Waals surface area contributed by atoms with Gasteiger partial charge in [-0.15, -0.1) is 11.8 Å². The Morgan fingerprint density at radius 1 is 1.22 bits per heavy atom. The van der Waals surface area contributed by atoms with E-state index in [1.165, 1.54) is 11.8 Å². The fourth-order valence-corrected chi connectivity index (χ4v) is 2.81. The number of amides is 1. The topological polar surface area (TPSA) is 42.0 Å². The van der Waals surface area contributed by atoms with E-state index in [-0.39, 0.29) is 16.6 Å². The van der Waals surface area contributed by atoms with Crippen LogP contribution in [-0.4, -0.2) is 16.6 Å². The van der Waals surface area contributed by atoms with Gasteiger partial charge in [0, 0.05) is 11.1 Å². The first-order valence-electron chi connectivity index (χ1n) is 6.17. The molecule has 9 heteroatoms. The Kier molecular flexibility index (Phi) is 5.78. The molecule has 3 nitrogen and oxygen atoms in total. The van der Waals surface area contributed by atoms with Gasteiger partial charge in [-0.3, -0.25) is 4.79 Å². The van der Waals surface area contributed by atoms with E-state index in [1.807, 2.05) is 0 Å². The van der Waals surface area contributed by atoms with Crippen molar-refractivity contribution in [3.8, 4) is 0 Å². The molecule has 0 radical (unpaired) electrons. The Labute approximate surface area is 144 Å². The van der Waals surface area contributed by atoms with Crippen LogP contribution in [0.15, 0.2) is 41.4 Å². The molecule has 0 unspecified atom stereocenters. The first kappa shape index (κ1) is 17.9. The third-order valence-electron chi connectivity index (χ3n) is 2.62. The Balaban J connectivity index is 1.99. The summed E-state index contributed by atoms with van der Waals surface area (Å²) in [6.45, 7) is 0. The third-order valence-corrected chi connectivity index (χ3v) is 4.43. The number of anilines is 1. The molecule has 0 aliphatic rings. The average molecular weight is 381 g/mol. The lowest BCUT2D eigenvalue weighted by atomic mass is 10.3. The lowest BCUT2D eigenvalue weighted by molar-refractivity contribution is -0.137. The quantitative estimate of drug-likeness (QED) is 0.746. The van der Waals surface area contributed by atoms with Gasteiger partial charge in [-0.1, -0.05) is 35.3 Å². The van der Waals surface area contributed by atoms with Crippen LogP contribution >= 0.6 is 35.0 Å². The van der Waals surface area contributed by atoms with Crippen LogP contribution in [0.25, 0.3) is 0 Å². The van der Waals surface area contributed by atoms with Gasteiger partial charge in [0.2, 0.25) is 5.91 Å². The lowest BCUT2D eigenvalue weighted by Gasteiger charge is -2.10. The minimum atomic E-state index is -4.54. The van der Waals surface area contributed by atoms with Crippen LogP contribution in [0.5, 0.6) is 0 Å². The molecule has 1 heterocycles. The Hall–Kier alpha value is -1.44. The lowest BCUT2D eigenvalue weighted by Crippen LogP contribution is -2.16. The fraction of sp³-hybridized carbons (Fsp3) is 0.143. The Morgan fingerprint density at radius 2 is 1.91 bits per heavy atom. The number of aromatic nitrogens is 1. The number of hydrogen-bond donors (Lipinski definition) is 1. The van der Waals surface area contributed by atoms with Crippen molar-refractivity contribution >= 4 is 46.7 Å². The first-order chi connectivity index (χ1) is 10.8. The first-order valence-corrected chi connectivity index (χ1v) is 7.91. The second-order valence-corrected chi connectivity index (χ2v) is 6.15. The zero-order valence-corrected chi connectivity index (χ0v) is 13.7. The van der Waals surface area contributed by atoms with Crippen LogP contribution in [0, 0.1) is 0 Å². The van der Waals surface area contributed by atoms with Crippen molar-refractivity contribution in [1.29, 1.82) is 0 Å². The molecule has 0 atom stereocenters. The molecule has 1 aromatic heterocycles. The molecular weight excluding hydrogens is 372 g/mol. The minimum absolute atomic E-state index is 0.0166. The second kappa shape index (κ2) is 7.42. The van der Waals surface area contributed by atoms with E-state index in [4.69, 9.17) is 23.2 Å². The maximum Gasteiger partial charge on any atom is 0.417 e. The molecule has 1 amide bonds. The summed E-state index contributed by atoms with van der Waals surface area (Å²) in [5, 5.41) is 2.59. The summed E-state index contributed by atoms with van der Waals surface area (Å²) in [5.41, 5.74) is -0.981. The predicted octanol–water partition coefficient (Wildman–Crippen LogP) is 5.14. The summed E-state index contributed by atoms with van der Waals surface area (Å²) >= 11 is 12.9. The number of nitrogens with one attached hydrogen (secondary N) is 1. The molecule has 0 aliphatic carbocycles. The molecule has 2 aromatic rings. The highest BCUT2D eigenvalue weighted by Crippen LogP contribution is 2.32. The molecule has 0 bridgehead atoms. The van der Waals surface area contributed by atoms with E-state index >= 15 is 0 Å². The molecule has 23 heavy (non-hydrogen) atoms. The summed E-state index contributed by atoms with van der Waals surface area (Å²) < 4.78 is 37.5. The van der Waals surface area contributed by atoms with Crippen LogP contribution < -0.4 is 5.32 Å². The predicted molar refractivity (Wildman–Crippen MR) is 85.1 cm³/mol. The van der Waals surface area contributed by atoms with E-state index in [0.717, 1.165) is 4.90 Å². The minimum Gasteiger partial charge on any atom is -0.309 e. The van der Waals surface area contributed by atoms with E-state index in [9.17, 15) is 18.0 Å². The van der Waals surface area contributed by atoms with Crippen molar-refractivity contribution in [3.05, 3.63) is 52.1 Å². The van der Waals surface area contributed by atoms with E-state index in [1.54, 1.807) is 24.3 Å². The summed E-state index contributed by atoms with van der Waals surface area (Å²) in [5.74, 6) is -0.559. The molecule has 0 spiro atoms. The number of carbonyl (C=O) groups excluding carboxylic acids is 1. The Bertz CT molecular complexity index is 725. The highest BCUT2D eigenvalue weighted by atomic mass is 35.5. The summed E-state index contributed by atoms with van der Waals surface area (Å²) in [6.07, 6.45) is -3.93. The largest absolute Gasteiger partial charge is 0.417 e. The number of hydrogen-bond acceptors (Lipinski definition) is 3. The van der Waals surface area contributed by atoms with Gasteiger partial charge in [0.25, 0.3) is 0 Å². The number of halogens is 5. The maximum atomic E-state index is 12.5. The van der Waals surface area contributed by atoms with Gasteiger partial charge < -0.3 is 5.32 Å². The standard InChI is InChI=1S/C14H9Cl2F3N2OS/c15-9-3-1-2-4-11(9)23-7-12(22)21-13-10(16)5-8(6-20-13)14(17,18)19/h1-6H,7H2,(H,20,21,22). The second-order valence-electron chi connectivity index (χ2n) is 4.32. The third kappa shape index (κ3) is 5.02. The summed E-state index contributed by atoms with van der Waals surface area (Å²) in [4.78, 5) is 16.1. The van der Waals surface area contributed by atoms with Gasteiger partial charge in [-0.2, -0.15) is 13.2 Å². The van der Waals surface area contributed by atoms with Crippen LogP contribution in [0.4, 0.5) is 19.0 Å². The van der Waals surface area contributed by atoms with Crippen LogP contribution in [0.3, 0.4) is 0 Å². The number of benzene rings is 1. The molecule has 2 rings (SSSR count). The van der Waals surface area contributed by atoms with Gasteiger partial charge >= 0.3 is 6.18 Å². The highest BCUT2D eigenvalue weighted by Gasteiger charge is 2.31.